The van der Waals surface area contributed by atoms with E-state index in [1.165, 1.54) is 6.42 Å². The highest BCUT2D eigenvalue weighted by Gasteiger charge is 2.37. The van der Waals surface area contributed by atoms with Crippen molar-refractivity contribution in [3.8, 4) is 0 Å². The van der Waals surface area contributed by atoms with Gasteiger partial charge < -0.3 is 15.2 Å². The SMILES string of the molecule is O=C(NCCc1nc2ccccc2[nH]1)[C@H]1CCCN1C(=O)C1CCCCC1. The Morgan fingerprint density at radius 1 is 1.11 bits per heavy atom. The van der Waals surface area contributed by atoms with Crippen molar-refractivity contribution in [2.45, 2.75) is 57.4 Å². The van der Waals surface area contributed by atoms with E-state index in [0.717, 1.165) is 61.9 Å². The Balaban J connectivity index is 1.30. The summed E-state index contributed by atoms with van der Waals surface area (Å²) in [6.45, 7) is 1.25. The third kappa shape index (κ3) is 3.99. The molecule has 1 aromatic heterocycles. The lowest BCUT2D eigenvalue weighted by molar-refractivity contribution is -0.142. The number of hydrogen-bond donors (Lipinski definition) is 2. The minimum Gasteiger partial charge on any atom is -0.354 e. The van der Waals surface area contributed by atoms with Crippen LogP contribution in [0.25, 0.3) is 11.0 Å². The van der Waals surface area contributed by atoms with Gasteiger partial charge >= 0.3 is 0 Å². The molecule has 2 aliphatic rings. The van der Waals surface area contributed by atoms with Gasteiger partial charge in [0.25, 0.3) is 0 Å². The number of para-hydroxylation sites is 2. The number of aromatic amines is 1. The first-order chi connectivity index (χ1) is 13.2. The maximum absolute atomic E-state index is 12.8. The number of nitrogens with zero attached hydrogens (tertiary/aromatic N) is 2. The average molecular weight is 368 g/mol. The zero-order chi connectivity index (χ0) is 18.6. The van der Waals surface area contributed by atoms with Gasteiger partial charge in [-0.1, -0.05) is 31.4 Å². The first kappa shape index (κ1) is 18.0. The van der Waals surface area contributed by atoms with Crippen molar-refractivity contribution in [1.82, 2.24) is 20.2 Å². The van der Waals surface area contributed by atoms with Gasteiger partial charge in [0.15, 0.2) is 0 Å². The van der Waals surface area contributed by atoms with Crippen LogP contribution in [-0.4, -0.2) is 45.8 Å². The van der Waals surface area contributed by atoms with Gasteiger partial charge in [0.05, 0.1) is 11.0 Å². The van der Waals surface area contributed by atoms with E-state index in [1.54, 1.807) is 0 Å². The molecule has 2 aromatic rings. The monoisotopic (exact) mass is 368 g/mol. The second-order valence-corrected chi connectivity index (χ2v) is 7.77. The Morgan fingerprint density at radius 3 is 2.74 bits per heavy atom. The molecule has 1 aliphatic carbocycles. The minimum atomic E-state index is -0.296. The van der Waals surface area contributed by atoms with Crippen LogP contribution in [0.3, 0.4) is 0 Å². The number of carbonyl (C=O) groups is 2. The summed E-state index contributed by atoms with van der Waals surface area (Å²) in [5.74, 6) is 1.18. The van der Waals surface area contributed by atoms with E-state index >= 15 is 0 Å². The normalized spacial score (nSPS) is 20.9. The summed E-state index contributed by atoms with van der Waals surface area (Å²) in [5, 5.41) is 3.01. The summed E-state index contributed by atoms with van der Waals surface area (Å²) in [5.41, 5.74) is 1.96. The highest BCUT2D eigenvalue weighted by atomic mass is 16.2. The van der Waals surface area contributed by atoms with E-state index in [4.69, 9.17) is 0 Å². The third-order valence-corrected chi connectivity index (χ3v) is 5.89. The molecule has 1 saturated heterocycles. The molecule has 2 N–H and O–H groups in total. The number of likely N-dealkylation sites (tertiary alicyclic amines) is 1. The van der Waals surface area contributed by atoms with Crippen LogP contribution in [0.2, 0.25) is 0 Å². The molecular weight excluding hydrogens is 340 g/mol. The highest BCUT2D eigenvalue weighted by Crippen LogP contribution is 2.28. The molecule has 0 unspecified atom stereocenters. The lowest BCUT2D eigenvalue weighted by Gasteiger charge is -2.30. The van der Waals surface area contributed by atoms with Crippen molar-refractivity contribution in [1.29, 1.82) is 0 Å². The molecule has 0 bridgehead atoms. The zero-order valence-corrected chi connectivity index (χ0v) is 15.7. The van der Waals surface area contributed by atoms with Crippen molar-refractivity contribution < 1.29 is 9.59 Å². The van der Waals surface area contributed by atoms with Gasteiger partial charge in [-0.25, -0.2) is 4.98 Å². The molecule has 0 radical (unpaired) electrons. The van der Waals surface area contributed by atoms with E-state index in [2.05, 4.69) is 15.3 Å². The summed E-state index contributed by atoms with van der Waals surface area (Å²) in [6, 6.07) is 7.62. The van der Waals surface area contributed by atoms with E-state index < -0.39 is 0 Å². The number of carbonyl (C=O) groups excluding carboxylic acids is 2. The van der Waals surface area contributed by atoms with E-state index in [0.29, 0.717) is 13.0 Å². The third-order valence-electron chi connectivity index (χ3n) is 5.89. The quantitative estimate of drug-likeness (QED) is 0.852. The van der Waals surface area contributed by atoms with Crippen molar-refractivity contribution in [3.63, 3.8) is 0 Å². The summed E-state index contributed by atoms with van der Waals surface area (Å²) in [4.78, 5) is 35.2. The molecule has 6 nitrogen and oxygen atoms in total. The summed E-state index contributed by atoms with van der Waals surface area (Å²) in [6.07, 6.45) is 7.82. The Hall–Kier alpha value is -2.37. The highest BCUT2D eigenvalue weighted by molar-refractivity contribution is 5.89. The second kappa shape index (κ2) is 8.11. The number of benzene rings is 1. The Kier molecular flexibility index (Phi) is 5.41. The van der Waals surface area contributed by atoms with Crippen molar-refractivity contribution in [2.24, 2.45) is 5.92 Å². The number of amides is 2. The van der Waals surface area contributed by atoms with Crippen LogP contribution in [0, 0.1) is 5.92 Å². The van der Waals surface area contributed by atoms with Crippen LogP contribution in [0.5, 0.6) is 0 Å². The van der Waals surface area contributed by atoms with E-state index in [9.17, 15) is 9.59 Å². The molecule has 1 aromatic carbocycles. The predicted octanol–water partition coefficient (Wildman–Crippen LogP) is 2.79. The molecule has 144 valence electrons. The fraction of sp³-hybridized carbons (Fsp3) is 0.571. The van der Waals surface area contributed by atoms with Gasteiger partial charge in [-0.2, -0.15) is 0 Å². The van der Waals surface area contributed by atoms with Gasteiger partial charge in [-0.3, -0.25) is 9.59 Å². The molecule has 1 aliphatic heterocycles. The maximum Gasteiger partial charge on any atom is 0.242 e. The van der Waals surface area contributed by atoms with E-state index in [-0.39, 0.29) is 23.8 Å². The molecule has 2 heterocycles. The first-order valence-electron chi connectivity index (χ1n) is 10.2. The number of H-pyrrole nitrogens is 1. The second-order valence-electron chi connectivity index (χ2n) is 7.77. The number of hydrogen-bond acceptors (Lipinski definition) is 3. The van der Waals surface area contributed by atoms with Crippen LogP contribution in [0.4, 0.5) is 0 Å². The van der Waals surface area contributed by atoms with Gasteiger partial charge in [0.1, 0.15) is 11.9 Å². The fourth-order valence-electron chi connectivity index (χ4n) is 4.43. The molecule has 1 saturated carbocycles. The van der Waals surface area contributed by atoms with Gasteiger partial charge in [0.2, 0.25) is 11.8 Å². The molecule has 2 amide bonds. The van der Waals surface area contributed by atoms with Crippen molar-refractivity contribution in [3.05, 3.63) is 30.1 Å². The van der Waals surface area contributed by atoms with Gasteiger partial charge in [-0.15, -0.1) is 0 Å². The average Bonchev–Trinajstić information content (AvgIpc) is 3.34. The van der Waals surface area contributed by atoms with Crippen molar-refractivity contribution >= 4 is 22.8 Å². The van der Waals surface area contributed by atoms with Gasteiger partial charge in [-0.05, 0) is 37.8 Å². The maximum atomic E-state index is 12.8. The van der Waals surface area contributed by atoms with Crippen LogP contribution < -0.4 is 5.32 Å². The number of fused-ring (bicyclic) bond motifs is 1. The first-order valence-corrected chi connectivity index (χ1v) is 10.2. The lowest BCUT2D eigenvalue weighted by Crippen LogP contribution is -2.48. The van der Waals surface area contributed by atoms with Crippen molar-refractivity contribution in [2.75, 3.05) is 13.1 Å². The minimum absolute atomic E-state index is 0.0206. The predicted molar refractivity (Wildman–Crippen MR) is 104 cm³/mol. The van der Waals surface area contributed by atoms with Crippen LogP contribution in [0.1, 0.15) is 50.8 Å². The largest absolute Gasteiger partial charge is 0.354 e. The smallest absolute Gasteiger partial charge is 0.242 e. The molecule has 1 atom stereocenters. The van der Waals surface area contributed by atoms with Crippen LogP contribution >= 0.6 is 0 Å². The number of imidazole rings is 1. The van der Waals surface area contributed by atoms with Gasteiger partial charge in [0, 0.05) is 25.4 Å². The number of rotatable bonds is 5. The molecule has 2 fully saturated rings. The lowest BCUT2D eigenvalue weighted by atomic mass is 9.88. The molecule has 27 heavy (non-hydrogen) atoms. The fourth-order valence-corrected chi connectivity index (χ4v) is 4.43. The molecule has 4 rings (SSSR count). The van der Waals surface area contributed by atoms with E-state index in [1.807, 2.05) is 29.2 Å². The topological polar surface area (TPSA) is 78.1 Å². The molecular formula is C21H28N4O2. The standard InChI is InChI=1S/C21H28N4O2/c26-20(22-13-12-19-23-16-9-4-5-10-17(16)24-19)18-11-6-14-25(18)21(27)15-7-2-1-3-8-15/h4-5,9-10,15,18H,1-3,6-8,11-14H2,(H,22,26)(H,23,24)/t18-/m1/s1. The number of aromatic nitrogens is 2. The zero-order valence-electron chi connectivity index (χ0n) is 15.7. The summed E-state index contributed by atoms with van der Waals surface area (Å²) >= 11 is 0. The summed E-state index contributed by atoms with van der Waals surface area (Å²) < 4.78 is 0. The Bertz CT molecular complexity index is 776. The summed E-state index contributed by atoms with van der Waals surface area (Å²) in [7, 11) is 0. The van der Waals surface area contributed by atoms with Crippen LogP contribution in [-0.2, 0) is 16.0 Å². The number of nitrogens with one attached hydrogen (secondary N) is 2. The van der Waals surface area contributed by atoms with Crippen LogP contribution in [0.15, 0.2) is 24.3 Å². The molecule has 6 heteroatoms. The Labute approximate surface area is 159 Å². The Morgan fingerprint density at radius 2 is 1.93 bits per heavy atom. The molecule has 0 spiro atoms.